The second kappa shape index (κ2) is 9.58. The van der Waals surface area contributed by atoms with E-state index in [4.69, 9.17) is 26.7 Å². The molecule has 32 heavy (non-hydrogen) atoms. The van der Waals surface area contributed by atoms with E-state index in [1.54, 1.807) is 11.9 Å². The van der Waals surface area contributed by atoms with Crippen molar-refractivity contribution in [3.8, 4) is 5.75 Å². The number of hydrogen-bond donors (Lipinski definition) is 5. The first-order valence-corrected chi connectivity index (χ1v) is 10.9. The normalized spacial score (nSPS) is 18.2. The van der Waals surface area contributed by atoms with Crippen LogP contribution in [0.2, 0.25) is 0 Å². The molecule has 176 valence electrons. The summed E-state index contributed by atoms with van der Waals surface area (Å²) in [6.45, 7) is 8.43. The van der Waals surface area contributed by atoms with Gasteiger partial charge in [-0.1, -0.05) is 0 Å². The molecule has 0 aromatic heterocycles. The fourth-order valence-electron chi connectivity index (χ4n) is 4.33. The smallest absolute Gasteiger partial charge is 0.173 e. The number of amidine groups is 1. The summed E-state index contributed by atoms with van der Waals surface area (Å²) < 4.78 is 34.9. The van der Waals surface area contributed by atoms with Gasteiger partial charge in [0.05, 0.1) is 12.7 Å². The van der Waals surface area contributed by atoms with Crippen molar-refractivity contribution < 1.29 is 13.5 Å². The molecule has 7 nitrogen and oxygen atoms in total. The number of nitrogens with zero attached hydrogens (tertiary/aromatic N) is 1. The third-order valence-corrected chi connectivity index (χ3v) is 6.39. The van der Waals surface area contributed by atoms with Gasteiger partial charge in [-0.2, -0.15) is 0 Å². The van der Waals surface area contributed by atoms with E-state index in [0.717, 1.165) is 37.0 Å². The van der Waals surface area contributed by atoms with Crippen LogP contribution in [-0.4, -0.2) is 52.6 Å². The molecule has 0 saturated carbocycles. The molecule has 0 aliphatic carbocycles. The molecule has 0 atom stereocenters. The second-order valence-corrected chi connectivity index (χ2v) is 10.2. The number of thioether (sulfide) groups is 1. The molecular formula is C22H32F2N6OS. The number of piperidine rings is 1. The van der Waals surface area contributed by atoms with Crippen LogP contribution in [0.3, 0.4) is 0 Å². The molecule has 0 spiro atoms. The Bertz CT molecular complexity index is 944. The van der Waals surface area contributed by atoms with Gasteiger partial charge in [0, 0.05) is 47.7 Å². The summed E-state index contributed by atoms with van der Waals surface area (Å²) in [5.41, 5.74) is 4.52. The van der Waals surface area contributed by atoms with E-state index >= 15 is 0 Å². The zero-order valence-corrected chi connectivity index (χ0v) is 20.1. The van der Waals surface area contributed by atoms with Crippen molar-refractivity contribution in [3.05, 3.63) is 35.0 Å². The zero-order chi connectivity index (χ0) is 24.4. The average molecular weight is 467 g/mol. The number of allylic oxidation sites excluding steroid dienone is 1. The number of halogens is 2. The monoisotopic (exact) mass is 466 g/mol. The van der Waals surface area contributed by atoms with Gasteiger partial charge in [0.25, 0.3) is 0 Å². The van der Waals surface area contributed by atoms with E-state index in [1.165, 1.54) is 13.2 Å². The number of nitrogens with one attached hydrogen (secondary N) is 4. The van der Waals surface area contributed by atoms with Gasteiger partial charge in [-0.25, -0.2) is 8.78 Å². The lowest BCUT2D eigenvalue weighted by Gasteiger charge is -2.49. The molecule has 0 bridgehead atoms. The van der Waals surface area contributed by atoms with Crippen LogP contribution < -0.4 is 15.8 Å². The quantitative estimate of drug-likeness (QED) is 0.329. The Morgan fingerprint density at radius 3 is 2.25 bits per heavy atom. The van der Waals surface area contributed by atoms with Crippen LogP contribution in [0, 0.1) is 27.9 Å². The first kappa shape index (κ1) is 25.8. The largest absolute Gasteiger partial charge is 0.496 e. The Balaban J connectivity index is 2.31. The van der Waals surface area contributed by atoms with Crippen molar-refractivity contribution in [2.24, 2.45) is 5.73 Å². The van der Waals surface area contributed by atoms with Gasteiger partial charge in [0.15, 0.2) is 16.8 Å². The summed E-state index contributed by atoms with van der Waals surface area (Å²) in [4.78, 5) is 1.78. The molecule has 1 saturated heterocycles. The first-order valence-electron chi connectivity index (χ1n) is 10.1. The van der Waals surface area contributed by atoms with E-state index in [-0.39, 0.29) is 49.8 Å². The van der Waals surface area contributed by atoms with Crippen molar-refractivity contribution in [1.82, 2.24) is 10.2 Å². The van der Waals surface area contributed by atoms with E-state index in [2.05, 4.69) is 33.0 Å². The molecule has 1 aliphatic heterocycles. The first-order chi connectivity index (χ1) is 14.8. The van der Waals surface area contributed by atoms with Crippen molar-refractivity contribution in [2.75, 3.05) is 14.2 Å². The van der Waals surface area contributed by atoms with Crippen LogP contribution in [-0.2, 0) is 0 Å². The van der Waals surface area contributed by atoms with Gasteiger partial charge in [-0.15, -0.1) is 0 Å². The lowest BCUT2D eigenvalue weighted by atomic mass is 9.79. The minimum atomic E-state index is -1.28. The van der Waals surface area contributed by atoms with Crippen molar-refractivity contribution >= 4 is 33.8 Å². The van der Waals surface area contributed by atoms with Gasteiger partial charge in [0.1, 0.15) is 10.8 Å². The number of methoxy groups -OCH3 is 1. The molecule has 1 aromatic carbocycles. The van der Waals surface area contributed by atoms with Gasteiger partial charge >= 0.3 is 0 Å². The molecule has 1 aliphatic rings. The summed E-state index contributed by atoms with van der Waals surface area (Å²) in [6.07, 6.45) is 3.39. The fraction of sp³-hybridized carbons (Fsp3) is 0.500. The van der Waals surface area contributed by atoms with Crippen LogP contribution in [0.15, 0.2) is 12.3 Å². The molecule has 1 heterocycles. The van der Waals surface area contributed by atoms with Crippen molar-refractivity contribution in [1.29, 1.82) is 16.2 Å². The van der Waals surface area contributed by atoms with Crippen molar-refractivity contribution in [2.45, 2.75) is 57.7 Å². The number of ether oxygens (including phenoxy) is 1. The maximum atomic E-state index is 15.0. The average Bonchev–Trinajstić information content (AvgIpc) is 2.68. The highest BCUT2D eigenvalue weighted by molar-refractivity contribution is 8.26. The van der Waals surface area contributed by atoms with Gasteiger partial charge in [-0.3, -0.25) is 10.8 Å². The summed E-state index contributed by atoms with van der Waals surface area (Å²) in [6, 6.07) is 1.25. The standard InChI is InChI=1S/C22H32F2N6OS/c1-21(2)8-13(9-22(3,4)29-21)30(5)20(28)32-19(27)16-15(31-6)7-14(12(10-25)11-26)17(23)18(16)24/h7,10-11,13,25,27-29H,8-9,26H2,1-6H3/b12-11+,25-10?,27-19?,28-20?. The molecule has 2 rings (SSSR count). The minimum absolute atomic E-state index is 0.0194. The highest BCUT2D eigenvalue weighted by atomic mass is 32.2. The number of hydrogen-bond acceptors (Lipinski definition) is 7. The molecule has 10 heteroatoms. The fourth-order valence-corrected chi connectivity index (χ4v) is 5.11. The van der Waals surface area contributed by atoms with Gasteiger partial charge in [-0.05, 0) is 58.4 Å². The number of nitrogens with two attached hydrogens (primary N) is 1. The zero-order valence-electron chi connectivity index (χ0n) is 19.3. The van der Waals surface area contributed by atoms with Crippen LogP contribution in [0.25, 0.3) is 5.57 Å². The predicted molar refractivity (Wildman–Crippen MR) is 128 cm³/mol. The van der Waals surface area contributed by atoms with E-state index in [9.17, 15) is 8.78 Å². The van der Waals surface area contributed by atoms with Crippen LogP contribution in [0.5, 0.6) is 5.75 Å². The Kier molecular flexibility index (Phi) is 7.72. The Labute approximate surface area is 192 Å². The summed E-state index contributed by atoms with van der Waals surface area (Å²) in [5, 5.41) is 27.5. The summed E-state index contributed by atoms with van der Waals surface area (Å²) in [5.74, 6) is -2.58. The van der Waals surface area contributed by atoms with Crippen LogP contribution in [0.4, 0.5) is 8.78 Å². The highest BCUT2D eigenvalue weighted by Crippen LogP contribution is 2.35. The SMILES string of the molecule is COc1cc(/C(C=N)=C/N)c(F)c(F)c1C(=N)SC(=N)N(C)C1CC(C)(C)NC(C)(C)C1. The second-order valence-electron chi connectivity index (χ2n) is 9.20. The minimum Gasteiger partial charge on any atom is -0.496 e. The summed E-state index contributed by atoms with van der Waals surface area (Å²) >= 11 is 0.734. The number of rotatable bonds is 5. The number of benzene rings is 1. The molecule has 1 fully saturated rings. The molecular weight excluding hydrogens is 434 g/mol. The van der Waals surface area contributed by atoms with Gasteiger partial charge in [0.2, 0.25) is 0 Å². The third kappa shape index (κ3) is 5.47. The van der Waals surface area contributed by atoms with Crippen LogP contribution >= 0.6 is 11.8 Å². The Hall–Kier alpha value is -2.46. The van der Waals surface area contributed by atoms with E-state index in [1.807, 2.05) is 0 Å². The Morgan fingerprint density at radius 2 is 1.78 bits per heavy atom. The van der Waals surface area contributed by atoms with E-state index < -0.39 is 11.6 Å². The summed E-state index contributed by atoms with van der Waals surface area (Å²) in [7, 11) is 3.06. The molecule has 0 radical (unpaired) electrons. The topological polar surface area (TPSA) is 122 Å². The lowest BCUT2D eigenvalue weighted by molar-refractivity contribution is 0.114. The molecule has 6 N–H and O–H groups in total. The van der Waals surface area contributed by atoms with Crippen LogP contribution in [0.1, 0.15) is 51.7 Å². The third-order valence-electron chi connectivity index (χ3n) is 5.50. The molecule has 1 aromatic rings. The maximum Gasteiger partial charge on any atom is 0.173 e. The molecule has 0 amide bonds. The lowest BCUT2D eigenvalue weighted by Crippen LogP contribution is -2.62. The Morgan fingerprint density at radius 1 is 1.22 bits per heavy atom. The molecule has 0 unspecified atom stereocenters. The van der Waals surface area contributed by atoms with Gasteiger partial charge < -0.3 is 26.1 Å². The highest BCUT2D eigenvalue weighted by Gasteiger charge is 2.40. The predicted octanol–water partition coefficient (Wildman–Crippen LogP) is 4.16. The maximum absolute atomic E-state index is 15.0. The van der Waals surface area contributed by atoms with E-state index in [0.29, 0.717) is 0 Å². The van der Waals surface area contributed by atoms with Crippen molar-refractivity contribution in [3.63, 3.8) is 0 Å².